The summed E-state index contributed by atoms with van der Waals surface area (Å²) in [6.07, 6.45) is 2.16. The van der Waals surface area contributed by atoms with Crippen molar-refractivity contribution in [3.63, 3.8) is 0 Å². The molecule has 1 unspecified atom stereocenters. The molecule has 1 aromatic carbocycles. The average molecular weight is 382 g/mol. The van der Waals surface area contributed by atoms with Crippen molar-refractivity contribution in [2.45, 2.75) is 30.7 Å². The molecule has 1 N–H and O–H groups in total. The van der Waals surface area contributed by atoms with Gasteiger partial charge in [-0.2, -0.15) is 0 Å². The van der Waals surface area contributed by atoms with E-state index >= 15 is 0 Å². The first kappa shape index (κ1) is 16.2. The summed E-state index contributed by atoms with van der Waals surface area (Å²) in [7, 11) is -3.56. The molecule has 4 nitrogen and oxygen atoms in total. The van der Waals surface area contributed by atoms with Crippen LogP contribution in [0.15, 0.2) is 27.6 Å². The zero-order valence-corrected chi connectivity index (χ0v) is 14.4. The highest BCUT2D eigenvalue weighted by Gasteiger charge is 2.25. The Balaban J connectivity index is 2.07. The van der Waals surface area contributed by atoms with Gasteiger partial charge in [-0.25, -0.2) is 13.1 Å². The summed E-state index contributed by atoms with van der Waals surface area (Å²) in [6.45, 7) is 4.52. The van der Waals surface area contributed by atoms with E-state index in [9.17, 15) is 8.42 Å². The number of hydrogen-bond donors (Lipinski definition) is 1. The van der Waals surface area contributed by atoms with Crippen molar-refractivity contribution in [2.75, 3.05) is 19.6 Å². The van der Waals surface area contributed by atoms with Gasteiger partial charge in [-0.1, -0.05) is 34.5 Å². The van der Waals surface area contributed by atoms with E-state index in [4.69, 9.17) is 11.6 Å². The molecule has 1 atom stereocenters. The van der Waals surface area contributed by atoms with Gasteiger partial charge in [-0.15, -0.1) is 0 Å². The van der Waals surface area contributed by atoms with Crippen LogP contribution in [0.5, 0.6) is 0 Å². The first-order chi connectivity index (χ1) is 9.44. The fourth-order valence-corrected chi connectivity index (χ4v) is 4.63. The summed E-state index contributed by atoms with van der Waals surface area (Å²) >= 11 is 9.27. The maximum atomic E-state index is 12.3. The van der Waals surface area contributed by atoms with Crippen LogP contribution in [-0.4, -0.2) is 39.0 Å². The van der Waals surface area contributed by atoms with Gasteiger partial charge in [-0.3, -0.25) is 4.90 Å². The number of sulfonamides is 1. The van der Waals surface area contributed by atoms with Gasteiger partial charge in [0.25, 0.3) is 0 Å². The van der Waals surface area contributed by atoms with Crippen molar-refractivity contribution in [3.8, 4) is 0 Å². The highest BCUT2D eigenvalue weighted by molar-refractivity contribution is 9.10. The predicted molar refractivity (Wildman–Crippen MR) is 84.6 cm³/mol. The predicted octanol–water partition coefficient (Wildman–Crippen LogP) is 2.87. The molecule has 0 radical (unpaired) electrons. The number of likely N-dealkylation sites (N-methyl/N-ethyl adjacent to an activating group) is 1. The zero-order valence-electron chi connectivity index (χ0n) is 11.3. The second kappa shape index (κ2) is 6.75. The lowest BCUT2D eigenvalue weighted by Gasteiger charge is -2.22. The van der Waals surface area contributed by atoms with Gasteiger partial charge in [0.1, 0.15) is 4.90 Å². The largest absolute Gasteiger partial charge is 0.299 e. The molecule has 1 fully saturated rings. The molecular weight excluding hydrogens is 364 g/mol. The van der Waals surface area contributed by atoms with Crippen LogP contribution in [0.1, 0.15) is 19.8 Å². The molecule has 20 heavy (non-hydrogen) atoms. The van der Waals surface area contributed by atoms with Crippen LogP contribution in [0, 0.1) is 0 Å². The quantitative estimate of drug-likeness (QED) is 0.853. The Bertz CT molecular complexity index is 580. The Kier molecular flexibility index (Phi) is 5.48. The first-order valence-electron chi connectivity index (χ1n) is 6.63. The summed E-state index contributed by atoms with van der Waals surface area (Å²) in [5.74, 6) is 0. The van der Waals surface area contributed by atoms with Gasteiger partial charge in [0.15, 0.2) is 0 Å². The van der Waals surface area contributed by atoms with E-state index in [2.05, 4.69) is 32.5 Å². The Morgan fingerprint density at radius 3 is 2.90 bits per heavy atom. The topological polar surface area (TPSA) is 49.4 Å². The number of benzene rings is 1. The van der Waals surface area contributed by atoms with Crippen molar-refractivity contribution < 1.29 is 8.42 Å². The SMILES string of the molecule is CCN1CCCC1CNS(=O)(=O)c1ccc(Br)cc1Cl. The third kappa shape index (κ3) is 3.74. The van der Waals surface area contributed by atoms with E-state index in [1.165, 1.54) is 6.07 Å². The average Bonchev–Trinajstić information content (AvgIpc) is 2.83. The Morgan fingerprint density at radius 2 is 2.25 bits per heavy atom. The molecule has 112 valence electrons. The van der Waals surface area contributed by atoms with E-state index in [0.29, 0.717) is 6.54 Å². The molecule has 1 aliphatic rings. The molecule has 1 heterocycles. The molecule has 0 bridgehead atoms. The highest BCUT2D eigenvalue weighted by Crippen LogP contribution is 2.25. The lowest BCUT2D eigenvalue weighted by atomic mass is 10.2. The zero-order chi connectivity index (χ0) is 14.8. The van der Waals surface area contributed by atoms with Gasteiger partial charge in [0.05, 0.1) is 5.02 Å². The monoisotopic (exact) mass is 380 g/mol. The second-order valence-electron chi connectivity index (χ2n) is 4.85. The molecule has 1 aliphatic heterocycles. The lowest BCUT2D eigenvalue weighted by Crippen LogP contribution is -2.40. The standard InChI is InChI=1S/C13H18BrClN2O2S/c1-2-17-7-3-4-11(17)9-16-20(18,19)13-6-5-10(14)8-12(13)15/h5-6,8,11,16H,2-4,7,9H2,1H3. The fourth-order valence-electron chi connectivity index (χ4n) is 2.52. The Labute approximate surface area is 133 Å². The molecule has 0 amide bonds. The van der Waals surface area contributed by atoms with E-state index in [-0.39, 0.29) is 16.0 Å². The van der Waals surface area contributed by atoms with Crippen LogP contribution in [0.4, 0.5) is 0 Å². The summed E-state index contributed by atoms with van der Waals surface area (Å²) in [4.78, 5) is 2.43. The fraction of sp³-hybridized carbons (Fsp3) is 0.538. The number of halogens is 2. The van der Waals surface area contributed by atoms with Crippen LogP contribution < -0.4 is 4.72 Å². The smallest absolute Gasteiger partial charge is 0.242 e. The molecule has 2 rings (SSSR count). The number of likely N-dealkylation sites (tertiary alicyclic amines) is 1. The number of rotatable bonds is 5. The Morgan fingerprint density at radius 1 is 1.50 bits per heavy atom. The summed E-state index contributed by atoms with van der Waals surface area (Å²) in [5.41, 5.74) is 0. The molecule has 0 aromatic heterocycles. The molecule has 0 saturated carbocycles. The van der Waals surface area contributed by atoms with Gasteiger partial charge in [0, 0.05) is 17.1 Å². The summed E-state index contributed by atoms with van der Waals surface area (Å²) in [6, 6.07) is 5.06. The molecule has 1 aromatic rings. The number of nitrogens with one attached hydrogen (secondary N) is 1. The summed E-state index contributed by atoms with van der Waals surface area (Å²) in [5, 5.41) is 0.227. The Hall–Kier alpha value is -0.140. The minimum absolute atomic E-state index is 0.128. The van der Waals surface area contributed by atoms with E-state index in [1.807, 2.05) is 0 Å². The number of hydrogen-bond acceptors (Lipinski definition) is 3. The number of nitrogens with zero attached hydrogens (tertiary/aromatic N) is 1. The maximum absolute atomic E-state index is 12.3. The maximum Gasteiger partial charge on any atom is 0.242 e. The van der Waals surface area contributed by atoms with E-state index in [1.54, 1.807) is 12.1 Å². The van der Waals surface area contributed by atoms with Crippen LogP contribution in [0.3, 0.4) is 0 Å². The van der Waals surface area contributed by atoms with Crippen molar-refractivity contribution in [1.29, 1.82) is 0 Å². The van der Waals surface area contributed by atoms with Gasteiger partial charge in [-0.05, 0) is 44.1 Å². The van der Waals surface area contributed by atoms with Crippen molar-refractivity contribution >= 4 is 37.6 Å². The molecule has 0 aliphatic carbocycles. The minimum atomic E-state index is -3.56. The highest BCUT2D eigenvalue weighted by atomic mass is 79.9. The summed E-state index contributed by atoms with van der Waals surface area (Å²) < 4.78 is 28.0. The molecule has 7 heteroatoms. The second-order valence-corrected chi connectivity index (χ2v) is 7.91. The first-order valence-corrected chi connectivity index (χ1v) is 9.28. The van der Waals surface area contributed by atoms with Crippen molar-refractivity contribution in [3.05, 3.63) is 27.7 Å². The lowest BCUT2D eigenvalue weighted by molar-refractivity contribution is 0.268. The van der Waals surface area contributed by atoms with E-state index in [0.717, 1.165) is 30.4 Å². The third-order valence-corrected chi connectivity index (χ3v) is 6.00. The van der Waals surface area contributed by atoms with Crippen molar-refractivity contribution in [2.24, 2.45) is 0 Å². The molecule has 0 spiro atoms. The normalized spacial score (nSPS) is 20.4. The van der Waals surface area contributed by atoms with Gasteiger partial charge < -0.3 is 0 Å². The minimum Gasteiger partial charge on any atom is -0.299 e. The van der Waals surface area contributed by atoms with Crippen LogP contribution in [0.25, 0.3) is 0 Å². The molecule has 1 saturated heterocycles. The van der Waals surface area contributed by atoms with Crippen LogP contribution in [-0.2, 0) is 10.0 Å². The van der Waals surface area contributed by atoms with Gasteiger partial charge >= 0.3 is 0 Å². The van der Waals surface area contributed by atoms with Crippen LogP contribution >= 0.6 is 27.5 Å². The third-order valence-electron chi connectivity index (χ3n) is 3.60. The molecular formula is C13H18BrClN2O2S. The van der Waals surface area contributed by atoms with Crippen LogP contribution in [0.2, 0.25) is 5.02 Å². The van der Waals surface area contributed by atoms with E-state index < -0.39 is 10.0 Å². The van der Waals surface area contributed by atoms with Crippen molar-refractivity contribution in [1.82, 2.24) is 9.62 Å². The van der Waals surface area contributed by atoms with Gasteiger partial charge in [0.2, 0.25) is 10.0 Å².